The number of hydrogen-bond donors (Lipinski definition) is 3. The van der Waals surface area contributed by atoms with Gasteiger partial charge in [0.2, 0.25) is 0 Å². The number of nitrogens with one attached hydrogen (secondary N) is 3. The molecular weight excluding hydrogens is 310 g/mol. The number of carbonyl (C=O) groups is 1. The van der Waals surface area contributed by atoms with Gasteiger partial charge in [-0.3, -0.25) is 14.7 Å². The molecule has 24 heavy (non-hydrogen) atoms. The summed E-state index contributed by atoms with van der Waals surface area (Å²) in [5.74, 6) is 1.15. The monoisotopic (exact) mass is 335 g/mol. The van der Waals surface area contributed by atoms with Gasteiger partial charge in [-0.15, -0.1) is 0 Å². The van der Waals surface area contributed by atoms with Gasteiger partial charge in [-0.2, -0.15) is 5.10 Å². The molecule has 8 heteroatoms. The first-order chi connectivity index (χ1) is 11.5. The quantitative estimate of drug-likeness (QED) is 0.679. The summed E-state index contributed by atoms with van der Waals surface area (Å²) in [7, 11) is 0. The molecule has 1 atom stereocenters. The number of nitrogens with zero attached hydrogens (tertiary/aromatic N) is 2. The molecule has 0 radical (unpaired) electrons. The highest BCUT2D eigenvalue weighted by atomic mass is 16.4. The van der Waals surface area contributed by atoms with Gasteiger partial charge in [-0.1, -0.05) is 20.8 Å². The third kappa shape index (κ3) is 4.14. The summed E-state index contributed by atoms with van der Waals surface area (Å²) >= 11 is 0. The van der Waals surface area contributed by atoms with E-state index >= 15 is 0 Å². The van der Waals surface area contributed by atoms with E-state index < -0.39 is 11.7 Å². The highest BCUT2D eigenvalue weighted by molar-refractivity contribution is 5.92. The number of H-pyrrole nitrogens is 2. The van der Waals surface area contributed by atoms with Gasteiger partial charge in [0.1, 0.15) is 5.76 Å². The van der Waals surface area contributed by atoms with Crippen LogP contribution in [0, 0.1) is 0 Å². The van der Waals surface area contributed by atoms with Crippen LogP contribution in [0.3, 0.4) is 0 Å². The molecule has 8 nitrogen and oxygen atoms in total. The van der Waals surface area contributed by atoms with E-state index in [1.807, 2.05) is 6.92 Å². The Balaban J connectivity index is 2.11. The van der Waals surface area contributed by atoms with Crippen molar-refractivity contribution in [2.75, 3.05) is 13.1 Å². The number of amides is 1. The van der Waals surface area contributed by atoms with Crippen molar-refractivity contribution in [1.82, 2.24) is 25.4 Å². The minimum absolute atomic E-state index is 0.277. The van der Waals surface area contributed by atoms with E-state index in [4.69, 9.17) is 4.42 Å². The highest BCUT2D eigenvalue weighted by Gasteiger charge is 2.20. The Labute approximate surface area is 140 Å². The van der Waals surface area contributed by atoms with E-state index in [9.17, 15) is 9.59 Å². The van der Waals surface area contributed by atoms with Crippen LogP contribution in [0.1, 0.15) is 61.4 Å². The summed E-state index contributed by atoms with van der Waals surface area (Å²) in [6, 6.07) is 1.37. The lowest BCUT2D eigenvalue weighted by molar-refractivity contribution is 0.0908. The summed E-state index contributed by atoms with van der Waals surface area (Å²) in [5, 5.41) is 8.87. The summed E-state index contributed by atoms with van der Waals surface area (Å²) < 4.78 is 5.72. The second-order valence-electron chi connectivity index (χ2n) is 5.63. The Kier molecular flexibility index (Phi) is 5.97. The molecule has 0 aliphatic carbocycles. The predicted molar refractivity (Wildman–Crippen MR) is 89.8 cm³/mol. The minimum atomic E-state index is -0.433. The Hall–Kier alpha value is -2.35. The molecule has 2 aromatic rings. The van der Waals surface area contributed by atoms with E-state index in [1.54, 1.807) is 13.0 Å². The summed E-state index contributed by atoms with van der Waals surface area (Å²) in [4.78, 5) is 28.3. The van der Waals surface area contributed by atoms with Gasteiger partial charge in [0.25, 0.3) is 5.91 Å². The fourth-order valence-electron chi connectivity index (χ4n) is 2.52. The van der Waals surface area contributed by atoms with Crippen molar-refractivity contribution < 1.29 is 9.21 Å². The number of hydrogen-bond acceptors (Lipinski definition) is 5. The highest BCUT2D eigenvalue weighted by Crippen LogP contribution is 2.19. The lowest BCUT2D eigenvalue weighted by Crippen LogP contribution is -2.27. The average Bonchev–Trinajstić information content (AvgIpc) is 3.18. The lowest BCUT2D eigenvalue weighted by Gasteiger charge is -2.17. The van der Waals surface area contributed by atoms with Crippen molar-refractivity contribution in [1.29, 1.82) is 0 Å². The molecule has 0 fully saturated rings. The smallest absolute Gasteiger partial charge is 0.340 e. The molecule has 0 saturated carbocycles. The second kappa shape index (κ2) is 7.96. The van der Waals surface area contributed by atoms with Gasteiger partial charge < -0.3 is 9.73 Å². The summed E-state index contributed by atoms with van der Waals surface area (Å²) in [6.45, 7) is 10.6. The van der Waals surface area contributed by atoms with Crippen LogP contribution in [0.4, 0.5) is 0 Å². The predicted octanol–water partition coefficient (Wildman–Crippen LogP) is 1.59. The van der Waals surface area contributed by atoms with Gasteiger partial charge in [-0.05, 0) is 26.1 Å². The maximum atomic E-state index is 12.4. The first-order valence-electron chi connectivity index (χ1n) is 8.27. The van der Waals surface area contributed by atoms with E-state index in [0.29, 0.717) is 5.82 Å². The molecule has 0 bridgehead atoms. The van der Waals surface area contributed by atoms with E-state index in [0.717, 1.165) is 37.4 Å². The molecule has 0 aliphatic heterocycles. The van der Waals surface area contributed by atoms with Crippen molar-refractivity contribution in [3.05, 3.63) is 39.5 Å². The SMILES string of the molecule is CCc1oc(C(=O)NC(C)c2n[nH]c(=O)[nH]2)cc1CN(CC)CC. The van der Waals surface area contributed by atoms with Crippen LogP contribution in [0.25, 0.3) is 0 Å². The molecule has 1 unspecified atom stereocenters. The van der Waals surface area contributed by atoms with Crippen molar-refractivity contribution in [2.45, 2.75) is 46.7 Å². The molecular formula is C16H25N5O3. The van der Waals surface area contributed by atoms with Crippen LogP contribution in [0.15, 0.2) is 15.3 Å². The van der Waals surface area contributed by atoms with Crippen LogP contribution < -0.4 is 11.0 Å². The first-order valence-corrected chi connectivity index (χ1v) is 8.27. The second-order valence-corrected chi connectivity index (χ2v) is 5.63. The Morgan fingerprint density at radius 1 is 1.38 bits per heavy atom. The normalized spacial score (nSPS) is 12.5. The third-order valence-electron chi connectivity index (χ3n) is 4.01. The molecule has 2 heterocycles. The van der Waals surface area contributed by atoms with Gasteiger partial charge in [0.15, 0.2) is 11.6 Å². The van der Waals surface area contributed by atoms with Crippen LogP contribution in [-0.4, -0.2) is 39.1 Å². The molecule has 0 aromatic carbocycles. The Morgan fingerprint density at radius 2 is 2.08 bits per heavy atom. The molecule has 2 rings (SSSR count). The van der Waals surface area contributed by atoms with Crippen molar-refractivity contribution >= 4 is 5.91 Å². The summed E-state index contributed by atoms with van der Waals surface area (Å²) in [6.07, 6.45) is 0.728. The minimum Gasteiger partial charge on any atom is -0.456 e. The molecule has 1 amide bonds. The fourth-order valence-corrected chi connectivity index (χ4v) is 2.52. The maximum absolute atomic E-state index is 12.4. The number of carbonyl (C=O) groups excluding carboxylic acids is 1. The third-order valence-corrected chi connectivity index (χ3v) is 4.01. The zero-order valence-corrected chi connectivity index (χ0v) is 14.6. The zero-order chi connectivity index (χ0) is 17.7. The standard InChI is InChI=1S/C16H25N5O3/c1-5-12-11(9-21(6-2)7-3)8-13(24-12)15(22)17-10(4)14-18-16(23)20-19-14/h8,10H,5-7,9H2,1-4H3,(H,17,22)(H2,18,19,20,23). The fraction of sp³-hybridized carbons (Fsp3) is 0.562. The van der Waals surface area contributed by atoms with E-state index in [-0.39, 0.29) is 11.7 Å². The lowest BCUT2D eigenvalue weighted by atomic mass is 10.2. The van der Waals surface area contributed by atoms with Crippen molar-refractivity contribution in [3.63, 3.8) is 0 Å². The molecule has 2 aromatic heterocycles. The Bertz CT molecular complexity index is 726. The summed E-state index contributed by atoms with van der Waals surface area (Å²) in [5.41, 5.74) is 0.631. The van der Waals surface area contributed by atoms with Crippen LogP contribution in [-0.2, 0) is 13.0 Å². The number of furan rings is 1. The molecule has 0 saturated heterocycles. The van der Waals surface area contributed by atoms with Gasteiger partial charge >= 0.3 is 5.69 Å². The number of aromatic nitrogens is 3. The number of rotatable bonds is 8. The van der Waals surface area contributed by atoms with Crippen LogP contribution in [0.5, 0.6) is 0 Å². The van der Waals surface area contributed by atoms with Gasteiger partial charge in [0, 0.05) is 18.5 Å². The topological polar surface area (TPSA) is 107 Å². The largest absolute Gasteiger partial charge is 0.456 e. The van der Waals surface area contributed by atoms with Crippen molar-refractivity contribution in [3.8, 4) is 0 Å². The average molecular weight is 335 g/mol. The zero-order valence-electron chi connectivity index (χ0n) is 14.6. The van der Waals surface area contributed by atoms with Crippen LogP contribution in [0.2, 0.25) is 0 Å². The van der Waals surface area contributed by atoms with E-state index in [1.165, 1.54) is 0 Å². The van der Waals surface area contributed by atoms with Gasteiger partial charge in [0.05, 0.1) is 6.04 Å². The molecule has 0 spiro atoms. The maximum Gasteiger partial charge on any atom is 0.340 e. The van der Waals surface area contributed by atoms with E-state index in [2.05, 4.69) is 39.2 Å². The molecule has 3 N–H and O–H groups in total. The first kappa shape index (κ1) is 18.0. The van der Waals surface area contributed by atoms with Gasteiger partial charge in [-0.25, -0.2) is 9.89 Å². The Morgan fingerprint density at radius 3 is 2.62 bits per heavy atom. The molecule has 132 valence electrons. The molecule has 0 aliphatic rings. The van der Waals surface area contributed by atoms with Crippen LogP contribution >= 0.6 is 0 Å². The van der Waals surface area contributed by atoms with Crippen molar-refractivity contribution in [2.24, 2.45) is 0 Å². The number of aromatic amines is 2. The number of aryl methyl sites for hydroxylation is 1.